The lowest BCUT2D eigenvalue weighted by Crippen LogP contribution is -2.01. The van der Waals surface area contributed by atoms with Gasteiger partial charge in [0.1, 0.15) is 5.69 Å². The summed E-state index contributed by atoms with van der Waals surface area (Å²) in [6, 6.07) is 6.00. The first-order valence-corrected chi connectivity index (χ1v) is 7.51. The molecule has 0 radical (unpaired) electrons. The molecule has 0 aliphatic heterocycles. The van der Waals surface area contributed by atoms with Gasteiger partial charge in [0.15, 0.2) is 0 Å². The highest BCUT2D eigenvalue weighted by Gasteiger charge is 2.11. The van der Waals surface area contributed by atoms with Gasteiger partial charge in [-0.25, -0.2) is 0 Å². The van der Waals surface area contributed by atoms with Gasteiger partial charge in [0, 0.05) is 21.1 Å². The van der Waals surface area contributed by atoms with Crippen molar-refractivity contribution in [3.8, 4) is 11.3 Å². The van der Waals surface area contributed by atoms with Crippen LogP contribution in [0.3, 0.4) is 0 Å². The average Bonchev–Trinajstić information content (AvgIpc) is 2.75. The van der Waals surface area contributed by atoms with E-state index in [1.165, 1.54) is 0 Å². The molecule has 0 saturated carbocycles. The fourth-order valence-electron chi connectivity index (χ4n) is 1.66. The molecule has 0 spiro atoms. The molecule has 96 valence electrons. The summed E-state index contributed by atoms with van der Waals surface area (Å²) < 4.78 is 3.95. The van der Waals surface area contributed by atoms with E-state index in [-0.39, 0.29) is 0 Å². The monoisotopic (exact) mass is 371 g/mol. The van der Waals surface area contributed by atoms with E-state index in [0.717, 1.165) is 33.2 Å². The van der Waals surface area contributed by atoms with E-state index in [4.69, 9.17) is 0 Å². The van der Waals surface area contributed by atoms with Crippen molar-refractivity contribution in [1.29, 1.82) is 0 Å². The van der Waals surface area contributed by atoms with Gasteiger partial charge in [-0.3, -0.25) is 4.68 Å². The Labute approximate surface area is 124 Å². The first-order chi connectivity index (χ1) is 8.58. The molecule has 18 heavy (non-hydrogen) atoms. The van der Waals surface area contributed by atoms with E-state index < -0.39 is 0 Å². The molecule has 2 rings (SSSR count). The predicted octanol–water partition coefficient (Wildman–Crippen LogP) is 4.52. The maximum Gasteiger partial charge on any atom is 0.115 e. The maximum absolute atomic E-state index is 4.24. The summed E-state index contributed by atoms with van der Waals surface area (Å²) >= 11 is 7.10. The van der Waals surface area contributed by atoms with Crippen LogP contribution < -0.4 is 0 Å². The first kappa shape index (κ1) is 13.7. The Morgan fingerprint density at radius 2 is 1.89 bits per heavy atom. The van der Waals surface area contributed by atoms with E-state index in [2.05, 4.69) is 56.0 Å². The summed E-state index contributed by atoms with van der Waals surface area (Å²) in [5.41, 5.74) is 1.94. The van der Waals surface area contributed by atoms with Gasteiger partial charge in [-0.1, -0.05) is 57.0 Å². The third-order valence-corrected chi connectivity index (χ3v) is 4.01. The lowest BCUT2D eigenvalue weighted by molar-refractivity contribution is 0.478. The van der Waals surface area contributed by atoms with Gasteiger partial charge in [-0.05, 0) is 24.5 Å². The standard InChI is InChI=1S/C13H15Br2N3/c1-9(2)6-7-18-8-12(16-17-18)13-10(14)4-3-5-11(13)15/h3-5,8-9H,6-7H2,1-2H3. The fraction of sp³-hybridized carbons (Fsp3) is 0.385. The highest BCUT2D eigenvalue weighted by molar-refractivity contribution is 9.11. The number of rotatable bonds is 4. The average molecular weight is 373 g/mol. The van der Waals surface area contributed by atoms with Gasteiger partial charge in [-0.2, -0.15) is 0 Å². The second-order valence-electron chi connectivity index (χ2n) is 4.65. The fourth-order valence-corrected chi connectivity index (χ4v) is 3.06. The molecule has 5 heteroatoms. The minimum atomic E-state index is 0.674. The highest BCUT2D eigenvalue weighted by Crippen LogP contribution is 2.33. The number of halogens is 2. The second-order valence-corrected chi connectivity index (χ2v) is 6.35. The molecule has 0 aliphatic rings. The number of benzene rings is 1. The molecular weight excluding hydrogens is 358 g/mol. The number of nitrogens with zero attached hydrogens (tertiary/aromatic N) is 3. The zero-order valence-corrected chi connectivity index (χ0v) is 13.6. The second kappa shape index (κ2) is 5.97. The maximum atomic E-state index is 4.24. The van der Waals surface area contributed by atoms with Crippen molar-refractivity contribution in [3.05, 3.63) is 33.3 Å². The van der Waals surface area contributed by atoms with Crippen LogP contribution in [0.5, 0.6) is 0 Å². The van der Waals surface area contributed by atoms with Gasteiger partial charge < -0.3 is 0 Å². The summed E-state index contributed by atoms with van der Waals surface area (Å²) in [4.78, 5) is 0. The van der Waals surface area contributed by atoms with Crippen molar-refractivity contribution in [2.75, 3.05) is 0 Å². The molecule has 0 amide bonds. The Hall–Kier alpha value is -0.680. The molecule has 0 saturated heterocycles. The third-order valence-electron chi connectivity index (χ3n) is 2.69. The Morgan fingerprint density at radius 1 is 1.22 bits per heavy atom. The van der Waals surface area contributed by atoms with E-state index in [0.29, 0.717) is 5.92 Å². The molecule has 1 aromatic heterocycles. The van der Waals surface area contributed by atoms with Crippen LogP contribution in [0.1, 0.15) is 20.3 Å². The molecule has 3 nitrogen and oxygen atoms in total. The number of hydrogen-bond acceptors (Lipinski definition) is 2. The molecule has 0 unspecified atom stereocenters. The molecule has 1 aromatic carbocycles. The van der Waals surface area contributed by atoms with Crippen LogP contribution in [-0.2, 0) is 6.54 Å². The molecule has 0 bridgehead atoms. The Kier molecular flexibility index (Phi) is 4.56. The van der Waals surface area contributed by atoms with Crippen molar-refractivity contribution < 1.29 is 0 Å². The van der Waals surface area contributed by atoms with Gasteiger partial charge in [0.05, 0.1) is 6.20 Å². The van der Waals surface area contributed by atoms with Crippen LogP contribution in [0.25, 0.3) is 11.3 Å². The summed E-state index contributed by atoms with van der Waals surface area (Å²) in [6.45, 7) is 5.33. The first-order valence-electron chi connectivity index (χ1n) is 5.92. The van der Waals surface area contributed by atoms with Crippen molar-refractivity contribution in [1.82, 2.24) is 15.0 Å². The lowest BCUT2D eigenvalue weighted by atomic mass is 10.1. The molecule has 1 heterocycles. The minimum absolute atomic E-state index is 0.674. The van der Waals surface area contributed by atoms with Crippen LogP contribution in [0.4, 0.5) is 0 Å². The smallest absolute Gasteiger partial charge is 0.115 e. The van der Waals surface area contributed by atoms with Crippen LogP contribution in [-0.4, -0.2) is 15.0 Å². The number of aryl methyl sites for hydroxylation is 1. The van der Waals surface area contributed by atoms with Crippen LogP contribution >= 0.6 is 31.9 Å². The van der Waals surface area contributed by atoms with E-state index >= 15 is 0 Å². The minimum Gasteiger partial charge on any atom is -0.252 e. The SMILES string of the molecule is CC(C)CCn1cc(-c2c(Br)cccc2Br)nn1. The van der Waals surface area contributed by atoms with Crippen LogP contribution in [0, 0.1) is 5.92 Å². The van der Waals surface area contributed by atoms with Gasteiger partial charge >= 0.3 is 0 Å². The van der Waals surface area contributed by atoms with Crippen molar-refractivity contribution in [2.45, 2.75) is 26.8 Å². The number of aromatic nitrogens is 3. The third kappa shape index (κ3) is 3.20. The Bertz CT molecular complexity index is 515. The van der Waals surface area contributed by atoms with Gasteiger partial charge in [0.25, 0.3) is 0 Å². The van der Waals surface area contributed by atoms with E-state index in [1.807, 2.05) is 29.1 Å². The van der Waals surface area contributed by atoms with Gasteiger partial charge in [0.2, 0.25) is 0 Å². The Morgan fingerprint density at radius 3 is 2.50 bits per heavy atom. The largest absolute Gasteiger partial charge is 0.252 e. The van der Waals surface area contributed by atoms with Crippen molar-refractivity contribution >= 4 is 31.9 Å². The molecule has 2 aromatic rings. The Balaban J connectivity index is 2.24. The normalized spacial score (nSPS) is 11.2. The van der Waals surface area contributed by atoms with Crippen LogP contribution in [0.2, 0.25) is 0 Å². The lowest BCUT2D eigenvalue weighted by Gasteiger charge is -2.04. The summed E-state index contributed by atoms with van der Waals surface area (Å²) in [5.74, 6) is 0.674. The quantitative estimate of drug-likeness (QED) is 0.790. The molecule has 0 aliphatic carbocycles. The van der Waals surface area contributed by atoms with Crippen molar-refractivity contribution in [3.63, 3.8) is 0 Å². The molecular formula is C13H15Br2N3. The van der Waals surface area contributed by atoms with E-state index in [9.17, 15) is 0 Å². The molecule has 0 fully saturated rings. The zero-order valence-electron chi connectivity index (χ0n) is 10.4. The zero-order chi connectivity index (χ0) is 13.1. The summed E-state index contributed by atoms with van der Waals surface area (Å²) in [6.07, 6.45) is 3.10. The summed E-state index contributed by atoms with van der Waals surface area (Å²) in [5, 5.41) is 8.41. The van der Waals surface area contributed by atoms with Gasteiger partial charge in [-0.15, -0.1) is 5.10 Å². The highest BCUT2D eigenvalue weighted by atomic mass is 79.9. The molecule has 0 N–H and O–H groups in total. The van der Waals surface area contributed by atoms with Crippen LogP contribution in [0.15, 0.2) is 33.3 Å². The predicted molar refractivity (Wildman–Crippen MR) is 80.3 cm³/mol. The molecule has 0 atom stereocenters. The number of hydrogen-bond donors (Lipinski definition) is 0. The topological polar surface area (TPSA) is 30.7 Å². The summed E-state index contributed by atoms with van der Waals surface area (Å²) in [7, 11) is 0. The van der Waals surface area contributed by atoms with Crippen molar-refractivity contribution in [2.24, 2.45) is 5.92 Å². The van der Waals surface area contributed by atoms with E-state index in [1.54, 1.807) is 0 Å².